The van der Waals surface area contributed by atoms with Crippen molar-refractivity contribution in [2.45, 2.75) is 13.5 Å². The van der Waals surface area contributed by atoms with Crippen molar-refractivity contribution < 1.29 is 18.3 Å². The van der Waals surface area contributed by atoms with Gasteiger partial charge >= 0.3 is 0 Å². The zero-order valence-corrected chi connectivity index (χ0v) is 13.5. The van der Waals surface area contributed by atoms with E-state index in [1.54, 1.807) is 18.3 Å². The predicted molar refractivity (Wildman–Crippen MR) is 87.7 cm³/mol. The Morgan fingerprint density at radius 1 is 1.29 bits per heavy atom. The van der Waals surface area contributed by atoms with Crippen LogP contribution in [0, 0.1) is 5.82 Å². The molecule has 0 aliphatic carbocycles. The summed E-state index contributed by atoms with van der Waals surface area (Å²) >= 11 is 5.95. The van der Waals surface area contributed by atoms with Crippen molar-refractivity contribution in [1.29, 1.82) is 0 Å². The van der Waals surface area contributed by atoms with Crippen LogP contribution in [0.15, 0.2) is 53.1 Å². The third-order valence-electron chi connectivity index (χ3n) is 3.34. The second kappa shape index (κ2) is 6.84. The molecule has 0 aliphatic rings. The molecule has 0 aliphatic heterocycles. The third kappa shape index (κ3) is 3.63. The lowest BCUT2D eigenvalue weighted by molar-refractivity contribution is 0.101. The monoisotopic (exact) mass is 345 g/mol. The molecule has 1 aromatic heterocycles. The van der Waals surface area contributed by atoms with Crippen LogP contribution in [0.3, 0.4) is 0 Å². The van der Waals surface area contributed by atoms with E-state index >= 15 is 0 Å². The van der Waals surface area contributed by atoms with Gasteiger partial charge in [0.1, 0.15) is 11.6 Å². The normalized spacial score (nSPS) is 10.6. The van der Waals surface area contributed by atoms with Crippen molar-refractivity contribution in [3.05, 3.63) is 71.0 Å². The van der Waals surface area contributed by atoms with Gasteiger partial charge in [-0.25, -0.2) is 9.37 Å². The van der Waals surface area contributed by atoms with Gasteiger partial charge in [0, 0.05) is 16.7 Å². The smallest absolute Gasteiger partial charge is 0.232 e. The summed E-state index contributed by atoms with van der Waals surface area (Å²) in [5, 5.41) is 0.600. The fourth-order valence-electron chi connectivity index (χ4n) is 2.17. The predicted octanol–water partition coefficient (Wildman–Crippen LogP) is 4.92. The van der Waals surface area contributed by atoms with Gasteiger partial charge in [0.15, 0.2) is 18.2 Å². The van der Waals surface area contributed by atoms with E-state index in [1.807, 2.05) is 12.1 Å². The SMILES string of the molecule is CC(=O)c1ccc(OCc2ncc(-c3cccc(Cl)c3)o2)cc1F. The number of aromatic nitrogens is 1. The fourth-order valence-corrected chi connectivity index (χ4v) is 2.36. The van der Waals surface area contributed by atoms with Gasteiger partial charge in [0.05, 0.1) is 11.8 Å². The Balaban J connectivity index is 1.70. The summed E-state index contributed by atoms with van der Waals surface area (Å²) < 4.78 is 24.8. The van der Waals surface area contributed by atoms with Gasteiger partial charge in [-0.1, -0.05) is 23.7 Å². The highest BCUT2D eigenvalue weighted by atomic mass is 35.5. The minimum atomic E-state index is -0.618. The Labute approximate surface area is 142 Å². The van der Waals surface area contributed by atoms with E-state index in [9.17, 15) is 9.18 Å². The maximum atomic E-state index is 13.7. The number of hydrogen-bond acceptors (Lipinski definition) is 4. The van der Waals surface area contributed by atoms with Crippen LogP contribution >= 0.6 is 11.6 Å². The molecule has 3 rings (SSSR count). The fraction of sp³-hybridized carbons (Fsp3) is 0.111. The number of halogens is 2. The minimum absolute atomic E-state index is 0.0294. The summed E-state index contributed by atoms with van der Waals surface area (Å²) in [6.45, 7) is 1.35. The first-order valence-corrected chi connectivity index (χ1v) is 7.54. The standard InChI is InChI=1S/C18H13ClFNO3/c1-11(22)15-6-5-14(8-16(15)20)23-10-18-21-9-17(24-18)12-3-2-4-13(19)7-12/h2-9H,10H2,1H3. The van der Waals surface area contributed by atoms with Gasteiger partial charge in [-0.05, 0) is 31.2 Å². The topological polar surface area (TPSA) is 52.3 Å². The summed E-state index contributed by atoms with van der Waals surface area (Å²) in [4.78, 5) is 15.3. The maximum absolute atomic E-state index is 13.7. The van der Waals surface area contributed by atoms with E-state index in [2.05, 4.69) is 4.98 Å². The summed E-state index contributed by atoms with van der Waals surface area (Å²) in [6, 6.07) is 11.3. The molecule has 0 radical (unpaired) electrons. The molecule has 3 aromatic rings. The number of ketones is 1. The van der Waals surface area contributed by atoms with Crippen molar-refractivity contribution >= 4 is 17.4 Å². The number of carbonyl (C=O) groups is 1. The third-order valence-corrected chi connectivity index (χ3v) is 3.58. The first-order valence-electron chi connectivity index (χ1n) is 7.17. The van der Waals surface area contributed by atoms with Crippen LogP contribution in [0.5, 0.6) is 5.75 Å². The number of nitrogens with zero attached hydrogens (tertiary/aromatic N) is 1. The Bertz CT molecular complexity index is 891. The first-order chi connectivity index (χ1) is 11.5. The molecule has 0 saturated heterocycles. The van der Waals surface area contributed by atoms with E-state index < -0.39 is 5.82 Å². The van der Waals surface area contributed by atoms with Crippen molar-refractivity contribution in [1.82, 2.24) is 4.98 Å². The van der Waals surface area contributed by atoms with Crippen LogP contribution in [0.25, 0.3) is 11.3 Å². The van der Waals surface area contributed by atoms with Crippen molar-refractivity contribution in [3.8, 4) is 17.1 Å². The molecule has 0 amide bonds. The zero-order chi connectivity index (χ0) is 17.1. The zero-order valence-electron chi connectivity index (χ0n) is 12.8. The van der Waals surface area contributed by atoms with Gasteiger partial charge in [0.25, 0.3) is 0 Å². The number of hydrogen-bond donors (Lipinski definition) is 0. The van der Waals surface area contributed by atoms with Gasteiger partial charge in [-0.15, -0.1) is 0 Å². The molecule has 1 heterocycles. The summed E-state index contributed by atoms with van der Waals surface area (Å²) in [5.41, 5.74) is 0.833. The van der Waals surface area contributed by atoms with Gasteiger partial charge < -0.3 is 9.15 Å². The van der Waals surface area contributed by atoms with Crippen molar-refractivity contribution in [3.63, 3.8) is 0 Å². The molecular weight excluding hydrogens is 333 g/mol. The molecule has 6 heteroatoms. The van der Waals surface area contributed by atoms with Gasteiger partial charge in [-0.3, -0.25) is 4.79 Å². The molecule has 2 aromatic carbocycles. The quantitative estimate of drug-likeness (QED) is 0.616. The molecule has 0 bridgehead atoms. The van der Waals surface area contributed by atoms with E-state index in [-0.39, 0.29) is 18.0 Å². The lowest BCUT2D eigenvalue weighted by atomic mass is 10.1. The van der Waals surface area contributed by atoms with Crippen LogP contribution in [-0.2, 0) is 6.61 Å². The Kier molecular flexibility index (Phi) is 4.62. The molecule has 0 saturated carbocycles. The Hall–Kier alpha value is -2.66. The highest BCUT2D eigenvalue weighted by Crippen LogP contribution is 2.24. The molecule has 0 spiro atoms. The first kappa shape index (κ1) is 16.2. The number of ether oxygens (including phenoxy) is 1. The van der Waals surface area contributed by atoms with E-state index in [1.165, 1.54) is 19.1 Å². The summed E-state index contributed by atoms with van der Waals surface area (Å²) in [6.07, 6.45) is 1.57. The molecule has 0 N–H and O–H groups in total. The second-order valence-corrected chi connectivity index (χ2v) is 5.55. The molecule has 122 valence electrons. The molecule has 4 nitrogen and oxygen atoms in total. The lowest BCUT2D eigenvalue weighted by Gasteiger charge is -2.05. The van der Waals surface area contributed by atoms with Crippen molar-refractivity contribution in [2.24, 2.45) is 0 Å². The maximum Gasteiger partial charge on any atom is 0.232 e. The van der Waals surface area contributed by atoms with Crippen LogP contribution in [0.2, 0.25) is 5.02 Å². The number of rotatable bonds is 5. The van der Waals surface area contributed by atoms with Crippen LogP contribution < -0.4 is 4.74 Å². The summed E-state index contributed by atoms with van der Waals surface area (Å²) in [5.74, 6) is 0.250. The van der Waals surface area contributed by atoms with Gasteiger partial charge in [0.2, 0.25) is 5.89 Å². The molecule has 0 fully saturated rings. The largest absolute Gasteiger partial charge is 0.484 e. The number of benzene rings is 2. The highest BCUT2D eigenvalue weighted by molar-refractivity contribution is 6.30. The van der Waals surface area contributed by atoms with E-state index in [0.717, 1.165) is 11.6 Å². The summed E-state index contributed by atoms with van der Waals surface area (Å²) in [7, 11) is 0. The Morgan fingerprint density at radius 3 is 2.83 bits per heavy atom. The lowest BCUT2D eigenvalue weighted by Crippen LogP contribution is -2.00. The van der Waals surface area contributed by atoms with E-state index in [0.29, 0.717) is 22.4 Å². The Morgan fingerprint density at radius 2 is 2.12 bits per heavy atom. The highest BCUT2D eigenvalue weighted by Gasteiger charge is 2.10. The van der Waals surface area contributed by atoms with Crippen molar-refractivity contribution in [2.75, 3.05) is 0 Å². The number of oxazole rings is 1. The molecule has 24 heavy (non-hydrogen) atoms. The number of Topliss-reactive ketones (excluding diaryl/α,β-unsaturated/α-hetero) is 1. The average Bonchev–Trinajstić information content (AvgIpc) is 3.01. The van der Waals surface area contributed by atoms with Gasteiger partial charge in [-0.2, -0.15) is 0 Å². The number of carbonyl (C=O) groups excluding carboxylic acids is 1. The van der Waals surface area contributed by atoms with Crippen LogP contribution in [0.1, 0.15) is 23.2 Å². The van der Waals surface area contributed by atoms with Crippen LogP contribution in [-0.4, -0.2) is 10.8 Å². The average molecular weight is 346 g/mol. The minimum Gasteiger partial charge on any atom is -0.484 e. The molecular formula is C18H13ClFNO3. The second-order valence-electron chi connectivity index (χ2n) is 5.12. The molecule has 0 atom stereocenters. The van der Waals surface area contributed by atoms with E-state index in [4.69, 9.17) is 20.8 Å². The van der Waals surface area contributed by atoms with Crippen LogP contribution in [0.4, 0.5) is 4.39 Å². The molecule has 0 unspecified atom stereocenters.